The number of aryl methyl sites for hydroxylation is 2. The molecule has 0 amide bonds. The van der Waals surface area contributed by atoms with Crippen LogP contribution in [0.2, 0.25) is 0 Å². The molecule has 1 aromatic heterocycles. The summed E-state index contributed by atoms with van der Waals surface area (Å²) in [5.74, 6) is 0. The molecule has 0 bridgehead atoms. The highest BCUT2D eigenvalue weighted by molar-refractivity contribution is 5.04. The molecule has 1 aromatic rings. The molecule has 4 nitrogen and oxygen atoms in total. The SMILES string of the molecule is COCCNCC/C=C/CCc1cnn(C)c1. The standard InChI is InChI=1S/C13H23N3O/c1-16-12-13(11-15-16)7-5-3-4-6-8-14-9-10-17-2/h3-4,11-12,14H,5-10H2,1-2H3/b4-3+. The van der Waals surface area contributed by atoms with Crippen molar-refractivity contribution in [1.82, 2.24) is 15.1 Å². The van der Waals surface area contributed by atoms with Gasteiger partial charge in [-0.1, -0.05) is 12.2 Å². The zero-order valence-corrected chi connectivity index (χ0v) is 10.9. The summed E-state index contributed by atoms with van der Waals surface area (Å²) in [4.78, 5) is 0. The van der Waals surface area contributed by atoms with Crippen LogP contribution in [0.5, 0.6) is 0 Å². The van der Waals surface area contributed by atoms with E-state index < -0.39 is 0 Å². The van der Waals surface area contributed by atoms with Gasteiger partial charge in [-0.3, -0.25) is 4.68 Å². The van der Waals surface area contributed by atoms with Gasteiger partial charge in [-0.2, -0.15) is 5.10 Å². The van der Waals surface area contributed by atoms with Gasteiger partial charge in [0.2, 0.25) is 0 Å². The van der Waals surface area contributed by atoms with Crippen LogP contribution in [0, 0.1) is 0 Å². The van der Waals surface area contributed by atoms with Gasteiger partial charge in [-0.25, -0.2) is 0 Å². The van der Waals surface area contributed by atoms with Crippen molar-refractivity contribution in [2.24, 2.45) is 7.05 Å². The Hall–Kier alpha value is -1.13. The van der Waals surface area contributed by atoms with Gasteiger partial charge in [0, 0.05) is 26.9 Å². The molecule has 96 valence electrons. The summed E-state index contributed by atoms with van der Waals surface area (Å²) >= 11 is 0. The van der Waals surface area contributed by atoms with Crippen LogP contribution in [0.15, 0.2) is 24.5 Å². The summed E-state index contributed by atoms with van der Waals surface area (Å²) < 4.78 is 6.80. The van der Waals surface area contributed by atoms with Crippen molar-refractivity contribution in [2.45, 2.75) is 19.3 Å². The zero-order valence-electron chi connectivity index (χ0n) is 10.9. The Morgan fingerprint density at radius 2 is 2.18 bits per heavy atom. The van der Waals surface area contributed by atoms with Crippen LogP contribution in [0.3, 0.4) is 0 Å². The average molecular weight is 237 g/mol. The molecular formula is C13H23N3O. The van der Waals surface area contributed by atoms with Crippen LogP contribution in [-0.2, 0) is 18.2 Å². The number of ether oxygens (including phenoxy) is 1. The molecule has 1 heterocycles. The van der Waals surface area contributed by atoms with E-state index in [0.717, 1.165) is 39.0 Å². The first-order valence-electron chi connectivity index (χ1n) is 6.15. The van der Waals surface area contributed by atoms with Crippen LogP contribution < -0.4 is 5.32 Å². The first kappa shape index (κ1) is 13.9. The van der Waals surface area contributed by atoms with Gasteiger partial charge in [0.15, 0.2) is 0 Å². The van der Waals surface area contributed by atoms with Crippen molar-refractivity contribution in [1.29, 1.82) is 0 Å². The van der Waals surface area contributed by atoms with E-state index in [0.29, 0.717) is 0 Å². The number of nitrogens with zero attached hydrogens (tertiary/aromatic N) is 2. The van der Waals surface area contributed by atoms with Gasteiger partial charge < -0.3 is 10.1 Å². The Balaban J connectivity index is 1.95. The van der Waals surface area contributed by atoms with Gasteiger partial charge >= 0.3 is 0 Å². The number of rotatable bonds is 9. The molecule has 1 rings (SSSR count). The molecule has 1 N–H and O–H groups in total. The van der Waals surface area contributed by atoms with Crippen LogP contribution in [0.1, 0.15) is 18.4 Å². The maximum absolute atomic E-state index is 4.95. The Labute approximate surface area is 104 Å². The van der Waals surface area contributed by atoms with Crippen molar-refractivity contribution in [3.8, 4) is 0 Å². The van der Waals surface area contributed by atoms with Gasteiger partial charge in [0.05, 0.1) is 12.8 Å². The molecule has 0 atom stereocenters. The molecule has 0 unspecified atom stereocenters. The number of nitrogens with one attached hydrogen (secondary N) is 1. The molecule has 17 heavy (non-hydrogen) atoms. The largest absolute Gasteiger partial charge is 0.383 e. The van der Waals surface area contributed by atoms with Crippen molar-refractivity contribution in [2.75, 3.05) is 26.8 Å². The van der Waals surface area contributed by atoms with Gasteiger partial charge in [0.1, 0.15) is 0 Å². The minimum atomic E-state index is 0.782. The van der Waals surface area contributed by atoms with E-state index in [9.17, 15) is 0 Å². The van der Waals surface area contributed by atoms with Gasteiger partial charge in [-0.05, 0) is 31.4 Å². The number of hydrogen-bond donors (Lipinski definition) is 1. The smallest absolute Gasteiger partial charge is 0.0587 e. The van der Waals surface area contributed by atoms with Crippen molar-refractivity contribution < 1.29 is 4.74 Å². The minimum Gasteiger partial charge on any atom is -0.383 e. The van der Waals surface area contributed by atoms with Crippen molar-refractivity contribution >= 4 is 0 Å². The molecule has 0 saturated carbocycles. The van der Waals surface area contributed by atoms with Gasteiger partial charge in [-0.15, -0.1) is 0 Å². The normalized spacial score (nSPS) is 11.4. The molecule has 0 radical (unpaired) electrons. The predicted octanol–water partition coefficient (Wildman–Crippen LogP) is 1.53. The summed E-state index contributed by atoms with van der Waals surface area (Å²) in [6.45, 7) is 2.73. The lowest BCUT2D eigenvalue weighted by atomic mass is 10.2. The third-order valence-electron chi connectivity index (χ3n) is 2.50. The first-order valence-corrected chi connectivity index (χ1v) is 6.15. The van der Waals surface area contributed by atoms with Gasteiger partial charge in [0.25, 0.3) is 0 Å². The number of allylic oxidation sites excluding steroid dienone is 1. The van der Waals surface area contributed by atoms with Crippen LogP contribution in [-0.4, -0.2) is 36.6 Å². The lowest BCUT2D eigenvalue weighted by Crippen LogP contribution is -2.19. The third kappa shape index (κ3) is 6.92. The Morgan fingerprint density at radius 1 is 1.35 bits per heavy atom. The molecule has 4 heteroatoms. The van der Waals surface area contributed by atoms with E-state index in [4.69, 9.17) is 4.74 Å². The molecule has 0 aromatic carbocycles. The summed E-state index contributed by atoms with van der Waals surface area (Å²) in [5.41, 5.74) is 1.30. The van der Waals surface area contributed by atoms with E-state index >= 15 is 0 Å². The van der Waals surface area contributed by atoms with Crippen LogP contribution in [0.4, 0.5) is 0 Å². The number of aromatic nitrogens is 2. The van der Waals surface area contributed by atoms with Crippen molar-refractivity contribution in [3.63, 3.8) is 0 Å². The highest BCUT2D eigenvalue weighted by Crippen LogP contribution is 2.01. The highest BCUT2D eigenvalue weighted by Gasteiger charge is 1.93. The third-order valence-corrected chi connectivity index (χ3v) is 2.50. The second-order valence-electron chi connectivity index (χ2n) is 4.06. The zero-order chi connectivity index (χ0) is 12.3. The lowest BCUT2D eigenvalue weighted by Gasteiger charge is -2.00. The summed E-state index contributed by atoms with van der Waals surface area (Å²) in [7, 11) is 3.67. The molecule has 0 aliphatic heterocycles. The predicted molar refractivity (Wildman–Crippen MR) is 70.0 cm³/mol. The number of methoxy groups -OCH3 is 1. The molecule has 0 saturated heterocycles. The van der Waals surface area contributed by atoms with E-state index in [2.05, 4.69) is 28.8 Å². The minimum absolute atomic E-state index is 0.782. The second-order valence-corrected chi connectivity index (χ2v) is 4.06. The molecule has 0 aliphatic rings. The van der Waals surface area contributed by atoms with E-state index in [1.807, 2.05) is 17.9 Å². The average Bonchev–Trinajstić information content (AvgIpc) is 2.73. The maximum atomic E-state index is 4.95. The molecule has 0 aliphatic carbocycles. The first-order chi connectivity index (χ1) is 8.33. The Morgan fingerprint density at radius 3 is 2.88 bits per heavy atom. The summed E-state index contributed by atoms with van der Waals surface area (Å²) in [6.07, 6.45) is 11.7. The quantitative estimate of drug-likeness (QED) is 0.523. The Bertz CT molecular complexity index is 320. The van der Waals surface area contributed by atoms with E-state index in [-0.39, 0.29) is 0 Å². The molecule has 0 spiro atoms. The second kappa shape index (κ2) is 8.96. The van der Waals surface area contributed by atoms with E-state index in [1.165, 1.54) is 5.56 Å². The molecule has 0 fully saturated rings. The summed E-state index contributed by atoms with van der Waals surface area (Å²) in [5, 5.41) is 7.45. The van der Waals surface area contributed by atoms with Crippen LogP contribution in [0.25, 0.3) is 0 Å². The lowest BCUT2D eigenvalue weighted by molar-refractivity contribution is 0.199. The monoisotopic (exact) mass is 237 g/mol. The van der Waals surface area contributed by atoms with Crippen molar-refractivity contribution in [3.05, 3.63) is 30.1 Å². The molecular weight excluding hydrogens is 214 g/mol. The number of hydrogen-bond acceptors (Lipinski definition) is 3. The van der Waals surface area contributed by atoms with Crippen LogP contribution >= 0.6 is 0 Å². The maximum Gasteiger partial charge on any atom is 0.0587 e. The fourth-order valence-corrected chi connectivity index (χ4v) is 1.57. The highest BCUT2D eigenvalue weighted by atomic mass is 16.5. The fraction of sp³-hybridized carbons (Fsp3) is 0.615. The van der Waals surface area contributed by atoms with E-state index in [1.54, 1.807) is 7.11 Å². The fourth-order valence-electron chi connectivity index (χ4n) is 1.57. The topological polar surface area (TPSA) is 39.1 Å². The summed E-state index contributed by atoms with van der Waals surface area (Å²) in [6, 6.07) is 0. The Kier molecular flexibility index (Phi) is 7.34.